The normalized spacial score (nSPS) is 12.8. The van der Waals surface area contributed by atoms with Crippen LogP contribution in [0.1, 0.15) is 24.5 Å². The molecule has 0 radical (unpaired) electrons. The van der Waals surface area contributed by atoms with Gasteiger partial charge in [-0.2, -0.15) is 11.8 Å². The molecule has 0 saturated heterocycles. The summed E-state index contributed by atoms with van der Waals surface area (Å²) in [5.74, 6) is 1.22. The van der Waals surface area contributed by atoms with Crippen LogP contribution in [0.2, 0.25) is 5.02 Å². The van der Waals surface area contributed by atoms with Crippen LogP contribution in [-0.4, -0.2) is 18.1 Å². The fourth-order valence-corrected chi connectivity index (χ4v) is 2.35. The largest absolute Gasteiger partial charge is 0.310 e. The topological polar surface area (TPSA) is 12.0 Å². The lowest BCUT2D eigenvalue weighted by molar-refractivity contribution is 0.536. The summed E-state index contributed by atoms with van der Waals surface area (Å²) in [6.07, 6.45) is 3.36. The molecule has 0 bridgehead atoms. The summed E-state index contributed by atoms with van der Waals surface area (Å²) in [4.78, 5) is 0. The fourth-order valence-electron chi connectivity index (χ4n) is 1.54. The molecule has 1 nitrogen and oxygen atoms in total. The maximum Gasteiger partial charge on any atom is 0.0408 e. The first-order valence-electron chi connectivity index (χ1n) is 5.61. The number of nitrogens with one attached hydrogen (secondary N) is 1. The molecule has 0 amide bonds. The number of benzene rings is 1. The maximum absolute atomic E-state index is 5.93. The molecule has 16 heavy (non-hydrogen) atoms. The first-order valence-corrected chi connectivity index (χ1v) is 7.38. The van der Waals surface area contributed by atoms with E-state index in [1.807, 2.05) is 23.9 Å². The van der Waals surface area contributed by atoms with Crippen molar-refractivity contribution in [2.24, 2.45) is 0 Å². The molecule has 1 unspecified atom stereocenters. The zero-order chi connectivity index (χ0) is 12.0. The van der Waals surface area contributed by atoms with Gasteiger partial charge in [0.25, 0.3) is 0 Å². The summed E-state index contributed by atoms with van der Waals surface area (Å²) < 4.78 is 0. The second-order valence-electron chi connectivity index (χ2n) is 4.13. The van der Waals surface area contributed by atoms with Crippen molar-refractivity contribution >= 4 is 23.4 Å². The van der Waals surface area contributed by atoms with Crippen LogP contribution in [0, 0.1) is 6.92 Å². The highest BCUT2D eigenvalue weighted by Crippen LogP contribution is 2.15. The molecule has 0 aliphatic carbocycles. The molecular formula is C13H20ClNS. The lowest BCUT2D eigenvalue weighted by Gasteiger charge is -2.14. The van der Waals surface area contributed by atoms with Crippen molar-refractivity contribution in [1.29, 1.82) is 0 Å². The Morgan fingerprint density at radius 2 is 2.19 bits per heavy atom. The van der Waals surface area contributed by atoms with Crippen LogP contribution >= 0.6 is 23.4 Å². The summed E-state index contributed by atoms with van der Waals surface area (Å²) >= 11 is 7.82. The monoisotopic (exact) mass is 257 g/mol. The third-order valence-corrected chi connectivity index (χ3v) is 3.58. The molecule has 1 atom stereocenters. The van der Waals surface area contributed by atoms with Gasteiger partial charge >= 0.3 is 0 Å². The van der Waals surface area contributed by atoms with E-state index in [4.69, 9.17) is 11.6 Å². The van der Waals surface area contributed by atoms with E-state index < -0.39 is 0 Å². The molecule has 0 heterocycles. The Hall–Kier alpha value is -0.180. The minimum absolute atomic E-state index is 0.572. The van der Waals surface area contributed by atoms with Crippen molar-refractivity contribution in [3.8, 4) is 0 Å². The van der Waals surface area contributed by atoms with Crippen molar-refractivity contribution < 1.29 is 0 Å². The van der Waals surface area contributed by atoms with E-state index in [0.717, 1.165) is 11.6 Å². The maximum atomic E-state index is 5.93. The zero-order valence-corrected chi connectivity index (χ0v) is 11.8. The summed E-state index contributed by atoms with van der Waals surface area (Å²) in [6.45, 7) is 5.27. The van der Waals surface area contributed by atoms with Gasteiger partial charge < -0.3 is 5.32 Å². The van der Waals surface area contributed by atoms with E-state index >= 15 is 0 Å². The molecule has 1 rings (SSSR count). The average molecular weight is 258 g/mol. The third-order valence-electron chi connectivity index (χ3n) is 2.70. The predicted octanol–water partition coefficient (Wildman–Crippen LogP) is 3.88. The van der Waals surface area contributed by atoms with E-state index in [2.05, 4.69) is 31.5 Å². The Bertz CT molecular complexity index is 328. The van der Waals surface area contributed by atoms with Gasteiger partial charge in [0.15, 0.2) is 0 Å². The zero-order valence-electron chi connectivity index (χ0n) is 10.2. The van der Waals surface area contributed by atoms with Gasteiger partial charge in [0.05, 0.1) is 0 Å². The molecule has 0 aliphatic heterocycles. The Balaban J connectivity index is 2.42. The molecule has 1 aromatic carbocycles. The van der Waals surface area contributed by atoms with Crippen molar-refractivity contribution in [2.45, 2.75) is 32.9 Å². The van der Waals surface area contributed by atoms with Gasteiger partial charge in [-0.05, 0) is 55.5 Å². The first kappa shape index (κ1) is 13.9. The van der Waals surface area contributed by atoms with Gasteiger partial charge in [-0.3, -0.25) is 0 Å². The van der Waals surface area contributed by atoms with Gasteiger partial charge in [0.1, 0.15) is 0 Å². The molecule has 0 aliphatic rings. The predicted molar refractivity (Wildman–Crippen MR) is 75.5 cm³/mol. The van der Waals surface area contributed by atoms with Crippen molar-refractivity contribution in [3.05, 3.63) is 34.3 Å². The number of aryl methyl sites for hydroxylation is 1. The summed E-state index contributed by atoms with van der Waals surface area (Å²) in [7, 11) is 0. The Kier molecular flexibility index (Phi) is 6.25. The third kappa shape index (κ3) is 4.77. The van der Waals surface area contributed by atoms with Gasteiger partial charge in [-0.1, -0.05) is 17.7 Å². The smallest absolute Gasteiger partial charge is 0.0408 e. The number of rotatable bonds is 6. The Morgan fingerprint density at radius 1 is 1.44 bits per heavy atom. The highest BCUT2D eigenvalue weighted by molar-refractivity contribution is 7.98. The van der Waals surface area contributed by atoms with Crippen LogP contribution < -0.4 is 5.32 Å². The van der Waals surface area contributed by atoms with Crippen LogP contribution in [-0.2, 0) is 6.54 Å². The first-order chi connectivity index (χ1) is 7.63. The van der Waals surface area contributed by atoms with Crippen molar-refractivity contribution in [3.63, 3.8) is 0 Å². The molecule has 0 saturated carbocycles. The van der Waals surface area contributed by atoms with E-state index in [-0.39, 0.29) is 0 Å². The highest BCUT2D eigenvalue weighted by Gasteiger charge is 2.03. The molecule has 90 valence electrons. The van der Waals surface area contributed by atoms with E-state index in [0.29, 0.717) is 6.04 Å². The van der Waals surface area contributed by atoms with E-state index in [1.165, 1.54) is 23.3 Å². The summed E-state index contributed by atoms with van der Waals surface area (Å²) in [5, 5.41) is 4.35. The van der Waals surface area contributed by atoms with Crippen LogP contribution in [0.25, 0.3) is 0 Å². The van der Waals surface area contributed by atoms with Crippen molar-refractivity contribution in [1.82, 2.24) is 5.32 Å². The fraction of sp³-hybridized carbons (Fsp3) is 0.538. The second-order valence-corrected chi connectivity index (χ2v) is 5.56. The lowest BCUT2D eigenvalue weighted by atomic mass is 10.1. The van der Waals surface area contributed by atoms with Crippen LogP contribution in [0.5, 0.6) is 0 Å². The molecule has 3 heteroatoms. The average Bonchev–Trinajstić information content (AvgIpc) is 2.25. The molecule has 1 N–H and O–H groups in total. The highest BCUT2D eigenvalue weighted by atomic mass is 35.5. The van der Waals surface area contributed by atoms with Gasteiger partial charge in [0.2, 0.25) is 0 Å². The molecular weight excluding hydrogens is 238 g/mol. The Morgan fingerprint density at radius 3 is 2.81 bits per heavy atom. The van der Waals surface area contributed by atoms with Crippen LogP contribution in [0.4, 0.5) is 0 Å². The number of halogens is 1. The Labute approximate surface area is 108 Å². The lowest BCUT2D eigenvalue weighted by Crippen LogP contribution is -2.26. The minimum Gasteiger partial charge on any atom is -0.310 e. The minimum atomic E-state index is 0.572. The summed E-state index contributed by atoms with van der Waals surface area (Å²) in [5.41, 5.74) is 2.59. The van der Waals surface area contributed by atoms with Crippen molar-refractivity contribution in [2.75, 3.05) is 12.0 Å². The van der Waals surface area contributed by atoms with Gasteiger partial charge in [-0.25, -0.2) is 0 Å². The van der Waals surface area contributed by atoms with Gasteiger partial charge in [-0.15, -0.1) is 0 Å². The number of thioether (sulfide) groups is 1. The van der Waals surface area contributed by atoms with E-state index in [1.54, 1.807) is 0 Å². The van der Waals surface area contributed by atoms with Gasteiger partial charge in [0, 0.05) is 17.6 Å². The standard InChI is InChI=1S/C13H20ClNS/c1-10-8-13(14)5-4-12(10)9-15-11(2)6-7-16-3/h4-5,8,11,15H,6-7,9H2,1-3H3. The SMILES string of the molecule is CSCCC(C)NCc1ccc(Cl)cc1C. The molecule has 0 aromatic heterocycles. The molecule has 0 fully saturated rings. The molecule has 0 spiro atoms. The van der Waals surface area contributed by atoms with Crippen LogP contribution in [0.15, 0.2) is 18.2 Å². The quantitative estimate of drug-likeness (QED) is 0.830. The van der Waals surface area contributed by atoms with E-state index in [9.17, 15) is 0 Å². The number of hydrogen-bond donors (Lipinski definition) is 1. The number of hydrogen-bond acceptors (Lipinski definition) is 2. The second kappa shape index (κ2) is 7.21. The molecule has 1 aromatic rings. The van der Waals surface area contributed by atoms with Crippen LogP contribution in [0.3, 0.4) is 0 Å². The summed E-state index contributed by atoms with van der Waals surface area (Å²) in [6, 6.07) is 6.65.